The van der Waals surface area contributed by atoms with Gasteiger partial charge < -0.3 is 4.90 Å². The van der Waals surface area contributed by atoms with Gasteiger partial charge in [0, 0.05) is 17.5 Å². The number of rotatable bonds is 0. The summed E-state index contributed by atoms with van der Waals surface area (Å²) in [4.78, 5) is 14.4. The summed E-state index contributed by atoms with van der Waals surface area (Å²) in [5.74, 6) is 0.322. The Labute approximate surface area is 92.3 Å². The van der Waals surface area contributed by atoms with E-state index >= 15 is 0 Å². The number of piperidine rings is 1. The van der Waals surface area contributed by atoms with Crippen molar-refractivity contribution in [3.8, 4) is 0 Å². The Hall–Kier alpha value is -0.790. The fourth-order valence-electron chi connectivity index (χ4n) is 2.83. The maximum Gasteiger partial charge on any atom is 0.228 e. The smallest absolute Gasteiger partial charge is 0.228 e. The molecule has 0 aromatic heterocycles. The number of hydrogen-bond donors (Lipinski definition) is 0. The molecule has 2 aliphatic rings. The number of nitrogens with zero attached hydrogens (tertiary/aromatic N) is 1. The molecule has 0 radical (unpaired) electrons. The van der Waals surface area contributed by atoms with Crippen molar-refractivity contribution in [3.63, 3.8) is 0 Å². The first-order valence-electron chi connectivity index (χ1n) is 5.89. The van der Waals surface area contributed by atoms with Crippen LogP contribution in [0.5, 0.6) is 0 Å². The minimum absolute atomic E-state index is 0.237. The Bertz CT molecular complexity index is 284. The summed E-state index contributed by atoms with van der Waals surface area (Å²) in [7, 11) is 0. The summed E-state index contributed by atoms with van der Waals surface area (Å²) in [6, 6.07) is 0.894. The molecule has 2 heteroatoms. The van der Waals surface area contributed by atoms with Crippen molar-refractivity contribution in [2.75, 3.05) is 0 Å². The third-order valence-electron chi connectivity index (χ3n) is 3.54. The van der Waals surface area contributed by atoms with Gasteiger partial charge in [0.1, 0.15) is 0 Å². The molecule has 2 atom stereocenters. The highest BCUT2D eigenvalue weighted by Gasteiger charge is 2.43. The highest BCUT2D eigenvalue weighted by atomic mass is 16.2. The van der Waals surface area contributed by atoms with Crippen LogP contribution < -0.4 is 0 Å². The molecule has 84 valence electrons. The minimum Gasteiger partial charge on any atom is -0.336 e. The Balaban J connectivity index is 2.18. The van der Waals surface area contributed by atoms with Crippen LogP contribution in [0.25, 0.3) is 0 Å². The van der Waals surface area contributed by atoms with E-state index in [4.69, 9.17) is 0 Å². The van der Waals surface area contributed by atoms with E-state index in [1.165, 1.54) is 18.4 Å². The van der Waals surface area contributed by atoms with Crippen molar-refractivity contribution in [2.24, 2.45) is 5.41 Å². The van der Waals surface area contributed by atoms with Crippen molar-refractivity contribution < 1.29 is 4.79 Å². The Kier molecular flexibility index (Phi) is 2.40. The van der Waals surface area contributed by atoms with Gasteiger partial charge >= 0.3 is 0 Å². The normalized spacial score (nSPS) is 30.9. The summed E-state index contributed by atoms with van der Waals surface area (Å²) in [5.41, 5.74) is 1.10. The van der Waals surface area contributed by atoms with Crippen LogP contribution >= 0.6 is 0 Å². The van der Waals surface area contributed by atoms with Crippen LogP contribution in [0.3, 0.4) is 0 Å². The lowest BCUT2D eigenvalue weighted by Crippen LogP contribution is -2.49. The van der Waals surface area contributed by atoms with Crippen molar-refractivity contribution in [2.45, 2.75) is 58.5 Å². The Morgan fingerprint density at radius 3 is 2.13 bits per heavy atom. The minimum atomic E-state index is -0.237. The summed E-state index contributed by atoms with van der Waals surface area (Å²) < 4.78 is 0. The molecule has 2 aliphatic heterocycles. The third kappa shape index (κ3) is 1.82. The molecule has 0 aliphatic carbocycles. The average Bonchev–Trinajstić information content (AvgIpc) is 2.35. The molecule has 2 heterocycles. The second-order valence-electron chi connectivity index (χ2n) is 6.01. The fourth-order valence-corrected chi connectivity index (χ4v) is 2.83. The zero-order valence-corrected chi connectivity index (χ0v) is 10.0. The third-order valence-corrected chi connectivity index (χ3v) is 3.54. The van der Waals surface area contributed by atoms with E-state index in [1.807, 2.05) is 20.8 Å². The van der Waals surface area contributed by atoms with Crippen LogP contribution in [-0.2, 0) is 4.79 Å². The SMILES string of the molecule is C=C1CC2CCC(C1)N2C(=O)C(C)(C)C. The number of hydrogen-bond acceptors (Lipinski definition) is 1. The van der Waals surface area contributed by atoms with Crippen LogP contribution in [0.4, 0.5) is 0 Å². The van der Waals surface area contributed by atoms with Gasteiger partial charge in [0.25, 0.3) is 0 Å². The highest BCUT2D eigenvalue weighted by molar-refractivity contribution is 5.82. The molecule has 2 saturated heterocycles. The van der Waals surface area contributed by atoms with Gasteiger partial charge in [-0.25, -0.2) is 0 Å². The number of carbonyl (C=O) groups excluding carboxylic acids is 1. The summed E-state index contributed by atoms with van der Waals surface area (Å²) in [6.45, 7) is 10.1. The highest BCUT2D eigenvalue weighted by Crippen LogP contribution is 2.39. The molecule has 2 nitrogen and oxygen atoms in total. The van der Waals surface area contributed by atoms with E-state index in [9.17, 15) is 4.79 Å². The number of fused-ring (bicyclic) bond motifs is 2. The van der Waals surface area contributed by atoms with Gasteiger partial charge in [-0.1, -0.05) is 32.9 Å². The van der Waals surface area contributed by atoms with E-state index in [2.05, 4.69) is 11.5 Å². The van der Waals surface area contributed by atoms with Gasteiger partial charge in [0.15, 0.2) is 0 Å². The molecule has 2 bridgehead atoms. The van der Waals surface area contributed by atoms with E-state index in [0.29, 0.717) is 18.0 Å². The molecule has 0 spiro atoms. The lowest BCUT2D eigenvalue weighted by atomic mass is 9.90. The second kappa shape index (κ2) is 3.36. The molecule has 0 saturated carbocycles. The standard InChI is InChI=1S/C13H21NO/c1-9-7-10-5-6-11(8-9)14(10)12(15)13(2,3)4/h10-11H,1,5-8H2,2-4H3. The predicted molar refractivity (Wildman–Crippen MR) is 61.5 cm³/mol. The first-order chi connectivity index (χ1) is 6.89. The lowest BCUT2D eigenvalue weighted by molar-refractivity contribution is -0.143. The van der Waals surface area contributed by atoms with Crippen molar-refractivity contribution >= 4 is 5.91 Å². The molecule has 2 fully saturated rings. The molecule has 2 rings (SSSR count). The quantitative estimate of drug-likeness (QED) is 0.559. The van der Waals surface area contributed by atoms with Crippen LogP contribution in [0.15, 0.2) is 12.2 Å². The van der Waals surface area contributed by atoms with Crippen molar-refractivity contribution in [1.29, 1.82) is 0 Å². The summed E-state index contributed by atoms with van der Waals surface area (Å²) >= 11 is 0. The molecular formula is C13H21NO. The first kappa shape index (κ1) is 10.7. The largest absolute Gasteiger partial charge is 0.336 e. The first-order valence-corrected chi connectivity index (χ1v) is 5.89. The Morgan fingerprint density at radius 1 is 1.27 bits per heavy atom. The van der Waals surface area contributed by atoms with E-state index in [0.717, 1.165) is 12.8 Å². The van der Waals surface area contributed by atoms with E-state index in [-0.39, 0.29) is 5.41 Å². The van der Waals surface area contributed by atoms with Crippen molar-refractivity contribution in [1.82, 2.24) is 4.90 Å². The van der Waals surface area contributed by atoms with Gasteiger partial charge in [-0.2, -0.15) is 0 Å². The number of carbonyl (C=O) groups is 1. The van der Waals surface area contributed by atoms with Gasteiger partial charge in [0.05, 0.1) is 0 Å². The van der Waals surface area contributed by atoms with Crippen LogP contribution in [0, 0.1) is 5.41 Å². The van der Waals surface area contributed by atoms with Gasteiger partial charge in [-0.3, -0.25) is 4.79 Å². The molecule has 0 aromatic rings. The topological polar surface area (TPSA) is 20.3 Å². The number of amides is 1. The molecule has 1 amide bonds. The van der Waals surface area contributed by atoms with Crippen molar-refractivity contribution in [3.05, 3.63) is 12.2 Å². The Morgan fingerprint density at radius 2 is 1.73 bits per heavy atom. The van der Waals surface area contributed by atoms with Gasteiger partial charge in [-0.15, -0.1) is 0 Å². The van der Waals surface area contributed by atoms with Crippen LogP contribution in [-0.4, -0.2) is 22.9 Å². The maximum absolute atomic E-state index is 12.3. The summed E-state index contributed by atoms with van der Waals surface area (Å²) in [5, 5.41) is 0. The fraction of sp³-hybridized carbons (Fsp3) is 0.769. The lowest BCUT2D eigenvalue weighted by Gasteiger charge is -2.39. The summed E-state index contributed by atoms with van der Waals surface area (Å²) in [6.07, 6.45) is 4.40. The maximum atomic E-state index is 12.3. The second-order valence-corrected chi connectivity index (χ2v) is 6.01. The molecule has 0 N–H and O–H groups in total. The molecule has 0 aromatic carbocycles. The van der Waals surface area contributed by atoms with Crippen LogP contribution in [0.2, 0.25) is 0 Å². The van der Waals surface area contributed by atoms with Gasteiger partial charge in [0.2, 0.25) is 5.91 Å². The molecular weight excluding hydrogens is 186 g/mol. The van der Waals surface area contributed by atoms with Gasteiger partial charge in [-0.05, 0) is 25.7 Å². The monoisotopic (exact) mass is 207 g/mol. The zero-order valence-electron chi connectivity index (χ0n) is 10.0. The van der Waals surface area contributed by atoms with Crippen LogP contribution in [0.1, 0.15) is 46.5 Å². The molecule has 15 heavy (non-hydrogen) atoms. The molecule has 2 unspecified atom stereocenters. The predicted octanol–water partition coefficient (Wildman–Crippen LogP) is 2.74. The zero-order chi connectivity index (χ0) is 11.2. The van der Waals surface area contributed by atoms with E-state index in [1.54, 1.807) is 0 Å². The van der Waals surface area contributed by atoms with E-state index < -0.39 is 0 Å². The average molecular weight is 207 g/mol.